The van der Waals surface area contributed by atoms with Crippen LogP contribution in [0.5, 0.6) is 0 Å². The molecule has 1 saturated heterocycles. The van der Waals surface area contributed by atoms with Gasteiger partial charge in [-0.15, -0.1) is 0 Å². The van der Waals surface area contributed by atoms with Crippen molar-refractivity contribution in [2.75, 3.05) is 0 Å². The maximum Gasteiger partial charge on any atom is 0.451 e. The molecule has 0 spiro atoms. The summed E-state index contributed by atoms with van der Waals surface area (Å²) in [7, 11) is 0. The third kappa shape index (κ3) is 2.87. The minimum absolute atomic E-state index is 0.147. The van der Waals surface area contributed by atoms with E-state index < -0.39 is 23.2 Å². The molecule has 22 heavy (non-hydrogen) atoms. The summed E-state index contributed by atoms with van der Waals surface area (Å²) in [5.41, 5.74) is 0.201. The highest BCUT2D eigenvalue weighted by atomic mass is 32.2. The van der Waals surface area contributed by atoms with Gasteiger partial charge in [-0.1, -0.05) is 30.0 Å². The number of fused-ring (bicyclic) bond motifs is 1. The molecule has 3 rings (SSSR count). The van der Waals surface area contributed by atoms with Gasteiger partial charge in [-0.25, -0.2) is 9.97 Å². The minimum atomic E-state index is -4.64. The predicted octanol–water partition coefficient (Wildman–Crippen LogP) is 3.44. The third-order valence-corrected chi connectivity index (χ3v) is 4.41. The molecule has 1 aliphatic rings. The Balaban J connectivity index is 2.05. The second-order valence-corrected chi connectivity index (χ2v) is 6.15. The lowest BCUT2D eigenvalue weighted by Gasteiger charge is -2.11. The monoisotopic (exact) mass is 328 g/mol. The molecule has 1 fully saturated rings. The summed E-state index contributed by atoms with van der Waals surface area (Å²) in [6, 6.07) is 6.43. The molecule has 0 unspecified atom stereocenters. The van der Waals surface area contributed by atoms with E-state index in [0.29, 0.717) is 11.8 Å². The summed E-state index contributed by atoms with van der Waals surface area (Å²) in [6.07, 6.45) is -4.42. The number of aromatic nitrogens is 2. The van der Waals surface area contributed by atoms with E-state index in [9.17, 15) is 18.0 Å². The van der Waals surface area contributed by atoms with Crippen molar-refractivity contribution >= 4 is 28.6 Å². The molecule has 0 N–H and O–H groups in total. The van der Waals surface area contributed by atoms with E-state index in [4.69, 9.17) is 4.74 Å². The number of para-hydroxylation sites is 1. The Labute approximate surface area is 128 Å². The molecule has 0 aliphatic carbocycles. The Hall–Kier alpha value is -1.83. The van der Waals surface area contributed by atoms with Gasteiger partial charge in [0.15, 0.2) is 0 Å². The molecule has 0 saturated carbocycles. The number of esters is 1. The highest BCUT2D eigenvalue weighted by molar-refractivity contribution is 8.00. The summed E-state index contributed by atoms with van der Waals surface area (Å²) < 4.78 is 43.8. The fourth-order valence-corrected chi connectivity index (χ4v) is 3.44. The van der Waals surface area contributed by atoms with Gasteiger partial charge in [0.25, 0.3) is 0 Å². The van der Waals surface area contributed by atoms with Crippen LogP contribution >= 0.6 is 11.8 Å². The molecule has 2 aromatic rings. The summed E-state index contributed by atoms with van der Waals surface area (Å²) in [5, 5.41) is 0.0937. The number of hydrogen-bond acceptors (Lipinski definition) is 5. The molecule has 0 amide bonds. The highest BCUT2D eigenvalue weighted by Gasteiger charge is 2.37. The quantitative estimate of drug-likeness (QED) is 0.624. The third-order valence-electron chi connectivity index (χ3n) is 3.20. The Morgan fingerprint density at radius 2 is 2.00 bits per heavy atom. The second-order valence-electron chi connectivity index (χ2n) is 4.96. The summed E-state index contributed by atoms with van der Waals surface area (Å²) in [5.74, 6) is -1.62. The molecule has 0 radical (unpaired) electrons. The van der Waals surface area contributed by atoms with Crippen LogP contribution in [0.15, 0.2) is 29.3 Å². The van der Waals surface area contributed by atoms with E-state index in [1.807, 2.05) is 0 Å². The summed E-state index contributed by atoms with van der Waals surface area (Å²) >= 11 is 0.997. The zero-order valence-corrected chi connectivity index (χ0v) is 12.2. The predicted molar refractivity (Wildman–Crippen MR) is 74.4 cm³/mol. The van der Waals surface area contributed by atoms with E-state index >= 15 is 0 Å². The largest absolute Gasteiger partial charge is 0.462 e. The second kappa shape index (κ2) is 5.42. The number of rotatable bonds is 2. The Bertz CT molecular complexity index is 736. The van der Waals surface area contributed by atoms with Crippen molar-refractivity contribution in [3.8, 4) is 0 Å². The molecule has 8 heteroatoms. The normalized spacial score (nSPS) is 22.1. The lowest BCUT2D eigenvalue weighted by Crippen LogP contribution is -2.14. The smallest absolute Gasteiger partial charge is 0.451 e. The van der Waals surface area contributed by atoms with E-state index in [1.165, 1.54) is 6.07 Å². The van der Waals surface area contributed by atoms with Crippen LogP contribution in [0.1, 0.15) is 19.2 Å². The molecule has 2 atom stereocenters. The Kier molecular flexibility index (Phi) is 3.72. The number of hydrogen-bond donors (Lipinski definition) is 0. The lowest BCUT2D eigenvalue weighted by atomic mass is 10.2. The van der Waals surface area contributed by atoms with Gasteiger partial charge in [-0.05, 0) is 13.0 Å². The van der Waals surface area contributed by atoms with Crippen molar-refractivity contribution < 1.29 is 22.7 Å². The van der Waals surface area contributed by atoms with Crippen LogP contribution in [0.2, 0.25) is 0 Å². The van der Waals surface area contributed by atoms with Crippen LogP contribution in [0.25, 0.3) is 10.9 Å². The van der Waals surface area contributed by atoms with Gasteiger partial charge >= 0.3 is 12.1 Å². The zero-order valence-electron chi connectivity index (χ0n) is 11.4. The summed E-state index contributed by atoms with van der Waals surface area (Å²) in [4.78, 5) is 18.9. The number of carbonyl (C=O) groups is 1. The molecular weight excluding hydrogens is 317 g/mol. The fraction of sp³-hybridized carbons (Fsp3) is 0.357. The number of benzene rings is 1. The van der Waals surface area contributed by atoms with Crippen LogP contribution in [0.3, 0.4) is 0 Å². The average Bonchev–Trinajstić information content (AvgIpc) is 2.76. The van der Waals surface area contributed by atoms with Gasteiger partial charge in [0, 0.05) is 11.8 Å². The van der Waals surface area contributed by atoms with Gasteiger partial charge in [0.1, 0.15) is 16.4 Å². The van der Waals surface area contributed by atoms with Crippen LogP contribution in [-0.4, -0.2) is 27.3 Å². The standard InChI is InChI=1S/C14H11F3N2O2S/c1-7-6-10(12(20)21-7)22-11-8-4-2-3-5-9(8)18-13(19-11)14(15,16)17/h2-5,7,10H,6H2,1H3/t7-,10-/m0/s1. The van der Waals surface area contributed by atoms with E-state index in [-0.39, 0.29) is 16.6 Å². The van der Waals surface area contributed by atoms with Crippen molar-refractivity contribution in [3.63, 3.8) is 0 Å². The van der Waals surface area contributed by atoms with Crippen LogP contribution < -0.4 is 0 Å². The van der Waals surface area contributed by atoms with Gasteiger partial charge in [0.05, 0.1) is 5.52 Å². The maximum atomic E-state index is 12.9. The number of thioether (sulfide) groups is 1. The van der Waals surface area contributed by atoms with E-state index in [2.05, 4.69) is 9.97 Å². The van der Waals surface area contributed by atoms with E-state index in [0.717, 1.165) is 11.8 Å². The van der Waals surface area contributed by atoms with E-state index in [1.54, 1.807) is 25.1 Å². The number of nitrogens with zero attached hydrogens (tertiary/aromatic N) is 2. The lowest BCUT2D eigenvalue weighted by molar-refractivity contribution is -0.145. The zero-order chi connectivity index (χ0) is 15.9. The number of alkyl halides is 3. The molecule has 4 nitrogen and oxygen atoms in total. The summed E-state index contributed by atoms with van der Waals surface area (Å²) in [6.45, 7) is 1.75. The van der Waals surface area contributed by atoms with Gasteiger partial charge in [-0.3, -0.25) is 4.79 Å². The first-order valence-corrected chi connectivity index (χ1v) is 7.43. The first kappa shape index (κ1) is 15.1. The maximum absolute atomic E-state index is 12.9. The van der Waals surface area contributed by atoms with Gasteiger partial charge in [0.2, 0.25) is 5.82 Å². The Morgan fingerprint density at radius 3 is 2.64 bits per heavy atom. The SMILES string of the molecule is C[C@H]1C[C@H](Sc2nc(C(F)(F)F)nc3ccccc23)C(=O)O1. The average molecular weight is 328 g/mol. The van der Waals surface area contributed by atoms with Gasteiger partial charge in [-0.2, -0.15) is 13.2 Å². The van der Waals surface area contributed by atoms with Crippen molar-refractivity contribution in [2.45, 2.75) is 35.9 Å². The number of carbonyl (C=O) groups excluding carboxylic acids is 1. The number of halogens is 3. The van der Waals surface area contributed by atoms with Crippen molar-refractivity contribution in [1.29, 1.82) is 0 Å². The van der Waals surface area contributed by atoms with Gasteiger partial charge < -0.3 is 4.74 Å². The molecular formula is C14H11F3N2O2S. The number of cyclic esters (lactones) is 1. The molecule has 1 aliphatic heterocycles. The molecule has 116 valence electrons. The fourth-order valence-electron chi connectivity index (χ4n) is 2.22. The first-order valence-electron chi connectivity index (χ1n) is 6.56. The molecule has 2 heterocycles. The van der Waals surface area contributed by atoms with Crippen molar-refractivity contribution in [2.24, 2.45) is 0 Å². The Morgan fingerprint density at radius 1 is 1.27 bits per heavy atom. The topological polar surface area (TPSA) is 52.1 Å². The van der Waals surface area contributed by atoms with Crippen molar-refractivity contribution in [3.05, 3.63) is 30.1 Å². The minimum Gasteiger partial charge on any atom is -0.462 e. The molecule has 0 bridgehead atoms. The van der Waals surface area contributed by atoms with Crippen LogP contribution in [0.4, 0.5) is 13.2 Å². The van der Waals surface area contributed by atoms with Crippen LogP contribution in [-0.2, 0) is 15.7 Å². The molecule has 1 aromatic carbocycles. The first-order chi connectivity index (χ1) is 10.3. The van der Waals surface area contributed by atoms with Crippen LogP contribution in [0, 0.1) is 0 Å². The molecule has 1 aromatic heterocycles. The van der Waals surface area contributed by atoms with Crippen molar-refractivity contribution in [1.82, 2.24) is 9.97 Å². The number of ether oxygens (including phenoxy) is 1. The highest BCUT2D eigenvalue weighted by Crippen LogP contribution is 2.36.